The zero-order chi connectivity index (χ0) is 11.4. The molecule has 1 aliphatic heterocycles. The maximum Gasteiger partial charge on any atom is 0.230 e. The minimum atomic E-state index is 0.143. The number of nitrogens with zero attached hydrogens (tertiary/aromatic N) is 4. The topological polar surface area (TPSA) is 63.1 Å². The molecule has 6 heteroatoms. The van der Waals surface area contributed by atoms with Gasteiger partial charge in [0, 0.05) is 32.7 Å². The van der Waals surface area contributed by atoms with Crippen LogP contribution in [0.2, 0.25) is 0 Å². The fourth-order valence-corrected chi connectivity index (χ4v) is 1.84. The summed E-state index contributed by atoms with van der Waals surface area (Å²) in [6.07, 6.45) is 2.02. The van der Waals surface area contributed by atoms with Gasteiger partial charge in [-0.15, -0.1) is 10.2 Å². The van der Waals surface area contributed by atoms with Gasteiger partial charge in [-0.2, -0.15) is 0 Å². The molecule has 1 aliphatic rings. The number of carbonyl (C=O) groups is 1. The van der Waals surface area contributed by atoms with Crippen molar-refractivity contribution in [3.8, 4) is 0 Å². The molecule has 1 aromatic rings. The third-order valence-corrected chi connectivity index (χ3v) is 2.82. The number of aryl methyl sites for hydroxylation is 1. The van der Waals surface area contributed by atoms with E-state index in [1.807, 2.05) is 16.4 Å². The van der Waals surface area contributed by atoms with Gasteiger partial charge in [0.15, 0.2) is 0 Å². The van der Waals surface area contributed by atoms with Gasteiger partial charge in [0.05, 0.1) is 6.42 Å². The normalized spacial score (nSPS) is 16.4. The lowest BCUT2D eigenvalue weighted by Crippen LogP contribution is -2.47. The molecule has 6 nitrogen and oxygen atoms in total. The SMILES string of the molecule is CCn1cnnc1CC(=O)N1CCNCC1. The van der Waals surface area contributed by atoms with Crippen LogP contribution < -0.4 is 5.32 Å². The van der Waals surface area contributed by atoms with Crippen molar-refractivity contribution in [3.05, 3.63) is 12.2 Å². The Hall–Kier alpha value is -1.43. The van der Waals surface area contributed by atoms with Crippen molar-refractivity contribution >= 4 is 5.91 Å². The zero-order valence-electron chi connectivity index (χ0n) is 9.52. The number of hydrogen-bond donors (Lipinski definition) is 1. The summed E-state index contributed by atoms with van der Waals surface area (Å²) in [7, 11) is 0. The Balaban J connectivity index is 1.95. The lowest BCUT2D eigenvalue weighted by molar-refractivity contribution is -0.131. The number of rotatable bonds is 3. The van der Waals surface area contributed by atoms with E-state index in [1.54, 1.807) is 6.33 Å². The number of nitrogens with one attached hydrogen (secondary N) is 1. The highest BCUT2D eigenvalue weighted by molar-refractivity contribution is 5.78. The summed E-state index contributed by atoms with van der Waals surface area (Å²) in [5, 5.41) is 11.0. The molecule has 0 aliphatic carbocycles. The predicted octanol–water partition coefficient (Wildman–Crippen LogP) is -0.728. The summed E-state index contributed by atoms with van der Waals surface area (Å²) < 4.78 is 1.90. The first-order valence-corrected chi connectivity index (χ1v) is 5.66. The van der Waals surface area contributed by atoms with Crippen LogP contribution in [0.5, 0.6) is 0 Å². The molecule has 0 unspecified atom stereocenters. The van der Waals surface area contributed by atoms with Gasteiger partial charge in [0.2, 0.25) is 5.91 Å². The summed E-state index contributed by atoms with van der Waals surface area (Å²) in [5.74, 6) is 0.898. The molecule has 0 radical (unpaired) electrons. The maximum atomic E-state index is 12.0. The lowest BCUT2D eigenvalue weighted by Gasteiger charge is -2.27. The molecule has 16 heavy (non-hydrogen) atoms. The predicted molar refractivity (Wildman–Crippen MR) is 58.8 cm³/mol. The van der Waals surface area contributed by atoms with Crippen LogP contribution in [0.4, 0.5) is 0 Å². The second-order valence-electron chi connectivity index (χ2n) is 3.84. The number of aromatic nitrogens is 3. The van der Waals surface area contributed by atoms with Gasteiger partial charge in [-0.3, -0.25) is 4.79 Å². The molecular formula is C10H17N5O. The van der Waals surface area contributed by atoms with E-state index in [2.05, 4.69) is 15.5 Å². The molecule has 0 spiro atoms. The molecule has 88 valence electrons. The van der Waals surface area contributed by atoms with Crippen LogP contribution in [0.25, 0.3) is 0 Å². The van der Waals surface area contributed by atoms with Crippen molar-refractivity contribution in [2.24, 2.45) is 0 Å². The molecule has 2 rings (SSSR count). The van der Waals surface area contributed by atoms with Gasteiger partial charge >= 0.3 is 0 Å². The molecule has 1 fully saturated rings. The van der Waals surface area contributed by atoms with Crippen LogP contribution in [0.15, 0.2) is 6.33 Å². The highest BCUT2D eigenvalue weighted by Crippen LogP contribution is 2.01. The number of hydrogen-bond acceptors (Lipinski definition) is 4. The van der Waals surface area contributed by atoms with Crippen LogP contribution in [0.3, 0.4) is 0 Å². The van der Waals surface area contributed by atoms with Crippen molar-refractivity contribution in [2.75, 3.05) is 26.2 Å². The first kappa shape index (κ1) is 11.1. The maximum absolute atomic E-state index is 12.0. The van der Waals surface area contributed by atoms with E-state index in [-0.39, 0.29) is 5.91 Å². The number of carbonyl (C=O) groups excluding carboxylic acids is 1. The standard InChI is InChI=1S/C10H17N5O/c1-2-14-8-12-13-9(14)7-10(16)15-5-3-11-4-6-15/h8,11H,2-7H2,1H3. The third-order valence-electron chi connectivity index (χ3n) is 2.82. The monoisotopic (exact) mass is 223 g/mol. The Morgan fingerprint density at radius 2 is 2.25 bits per heavy atom. The van der Waals surface area contributed by atoms with Crippen molar-refractivity contribution in [3.63, 3.8) is 0 Å². The van der Waals surface area contributed by atoms with E-state index in [0.717, 1.165) is 38.5 Å². The van der Waals surface area contributed by atoms with Crippen molar-refractivity contribution < 1.29 is 4.79 Å². The molecular weight excluding hydrogens is 206 g/mol. The van der Waals surface area contributed by atoms with Crippen LogP contribution >= 0.6 is 0 Å². The number of piperazine rings is 1. The molecule has 2 heterocycles. The van der Waals surface area contributed by atoms with E-state index in [4.69, 9.17) is 0 Å². The fraction of sp³-hybridized carbons (Fsp3) is 0.700. The Bertz CT molecular complexity index is 356. The van der Waals surface area contributed by atoms with Gasteiger partial charge in [-0.05, 0) is 6.92 Å². The quantitative estimate of drug-likeness (QED) is 0.734. The molecule has 0 atom stereocenters. The minimum Gasteiger partial charge on any atom is -0.340 e. The van der Waals surface area contributed by atoms with Gasteiger partial charge in [-0.1, -0.05) is 0 Å². The van der Waals surface area contributed by atoms with Crippen molar-refractivity contribution in [2.45, 2.75) is 19.9 Å². The Kier molecular flexibility index (Phi) is 3.51. The molecule has 0 aromatic carbocycles. The van der Waals surface area contributed by atoms with E-state index < -0.39 is 0 Å². The molecule has 1 N–H and O–H groups in total. The number of amides is 1. The van der Waals surface area contributed by atoms with Crippen LogP contribution in [-0.4, -0.2) is 51.8 Å². The Morgan fingerprint density at radius 1 is 1.50 bits per heavy atom. The average molecular weight is 223 g/mol. The fourth-order valence-electron chi connectivity index (χ4n) is 1.84. The van der Waals surface area contributed by atoms with Gasteiger partial charge in [0.25, 0.3) is 0 Å². The molecule has 1 amide bonds. The van der Waals surface area contributed by atoms with Crippen molar-refractivity contribution in [1.82, 2.24) is 25.0 Å². The van der Waals surface area contributed by atoms with E-state index >= 15 is 0 Å². The highest BCUT2D eigenvalue weighted by Gasteiger charge is 2.18. The summed E-state index contributed by atoms with van der Waals surface area (Å²) >= 11 is 0. The van der Waals surface area contributed by atoms with Gasteiger partial charge in [0.1, 0.15) is 12.2 Å². The van der Waals surface area contributed by atoms with Crippen LogP contribution in [0.1, 0.15) is 12.7 Å². The van der Waals surface area contributed by atoms with Crippen LogP contribution in [-0.2, 0) is 17.8 Å². The second-order valence-corrected chi connectivity index (χ2v) is 3.84. The van der Waals surface area contributed by atoms with Gasteiger partial charge in [-0.25, -0.2) is 0 Å². The summed E-state index contributed by atoms with van der Waals surface area (Å²) in [4.78, 5) is 13.8. The first-order chi connectivity index (χ1) is 7.81. The molecule has 1 saturated heterocycles. The molecule has 1 aromatic heterocycles. The largest absolute Gasteiger partial charge is 0.340 e. The summed E-state index contributed by atoms with van der Waals surface area (Å²) in [5.41, 5.74) is 0. The average Bonchev–Trinajstić information content (AvgIpc) is 2.77. The first-order valence-electron chi connectivity index (χ1n) is 5.66. The Labute approximate surface area is 94.6 Å². The highest BCUT2D eigenvalue weighted by atomic mass is 16.2. The van der Waals surface area contributed by atoms with Crippen LogP contribution in [0, 0.1) is 0 Å². The van der Waals surface area contributed by atoms with Crippen molar-refractivity contribution in [1.29, 1.82) is 0 Å². The molecule has 0 bridgehead atoms. The van der Waals surface area contributed by atoms with E-state index in [1.165, 1.54) is 0 Å². The molecule has 0 saturated carbocycles. The van der Waals surface area contributed by atoms with E-state index in [9.17, 15) is 4.79 Å². The smallest absolute Gasteiger partial charge is 0.230 e. The Morgan fingerprint density at radius 3 is 2.94 bits per heavy atom. The summed E-state index contributed by atoms with van der Waals surface area (Å²) in [6, 6.07) is 0. The van der Waals surface area contributed by atoms with Gasteiger partial charge < -0.3 is 14.8 Å². The van der Waals surface area contributed by atoms with E-state index in [0.29, 0.717) is 6.42 Å². The zero-order valence-corrected chi connectivity index (χ0v) is 9.52. The second kappa shape index (κ2) is 5.07. The minimum absolute atomic E-state index is 0.143. The third kappa shape index (κ3) is 2.38. The lowest BCUT2D eigenvalue weighted by atomic mass is 10.3. The summed E-state index contributed by atoms with van der Waals surface area (Å²) in [6.45, 7) is 6.16.